The molecule has 656 valence electrons. The average Bonchev–Trinajstić information content (AvgIpc) is 0.851. The molecule has 0 bridgehead atoms. The first-order chi connectivity index (χ1) is 55.8. The maximum absolute atomic E-state index is 14.2. The molecule has 0 aliphatic heterocycles. The molecule has 0 spiro atoms. The molecule has 0 saturated heterocycles. The van der Waals surface area contributed by atoms with Crippen molar-refractivity contribution in [3.63, 3.8) is 0 Å². The van der Waals surface area contributed by atoms with Crippen molar-refractivity contribution in [2.75, 3.05) is 32.8 Å². The molecule has 0 fully saturated rings. The molecule has 0 aliphatic carbocycles. The molecule has 2 rings (SSSR count). The standard InChI is InChI=1S/C70H101N19O30/c1-32(2)22-41(62(111)83-39(15-18-48(72)93)61(110)84-40(69(118)119)17-20-53(99)100)85-66(115)46(27-56(105)106)88-68(117)57(33(3)91)89-67(116)42(24-35-11-13-36(92)14-12-35)79-50(95)29-78-60(109)47(31-90)81-51(96)30-77-59(108)38(16-19-52(97)98)82-63(112)43(23-34-8-5-4-6-9-34)86-65(114)45(26-55(103)104)87-64(113)44(25-54(101)102)80-49(94)28-76-58(107)37(71)10-7-21-75-70(73)74/h4-6,8-9,11-14,32-33,37-47,57,90-92H,7,10,15-31,71H2,1-3H3,(H2,72,93)(H,76,107)(H,77,108)(H,78,109)(H,79,95)(H,80,94)(H,81,96)(H,82,112)(H,83,111)(H,84,110)(H,85,115)(H,86,114)(H,87,113)(H,88,117)(H,89,116)(H,97,98)(H,99,100)(H,101,102)(H,103,104)(H,105,106)(H,118,119)(H4,73,74,75)/t33-,37+,38+,39+,40+,41+,42+,43+,44+,45+,46+,47+,57+/m1/s1. The second-order valence-corrected chi connectivity index (χ2v) is 27.1. The van der Waals surface area contributed by atoms with Crippen LogP contribution in [0.15, 0.2) is 54.6 Å². The lowest BCUT2D eigenvalue weighted by atomic mass is 10.0. The zero-order valence-electron chi connectivity index (χ0n) is 64.5. The van der Waals surface area contributed by atoms with Crippen LogP contribution in [0.4, 0.5) is 0 Å². The van der Waals surface area contributed by atoms with E-state index in [1.807, 2.05) is 16.0 Å². The highest BCUT2D eigenvalue weighted by Crippen LogP contribution is 2.15. The Kier molecular flexibility index (Phi) is 44.3. The summed E-state index contributed by atoms with van der Waals surface area (Å²) >= 11 is 0. The zero-order valence-corrected chi connectivity index (χ0v) is 64.5. The smallest absolute Gasteiger partial charge is 0.326 e. The number of phenols is 1. The molecular formula is C70H101N19O30. The van der Waals surface area contributed by atoms with Gasteiger partial charge >= 0.3 is 35.8 Å². The Bertz CT molecular complexity index is 3960. The summed E-state index contributed by atoms with van der Waals surface area (Å²) in [4.78, 5) is 273. The van der Waals surface area contributed by atoms with Gasteiger partial charge in [0.2, 0.25) is 88.6 Å². The number of carboxylic acids is 6. The minimum absolute atomic E-state index is 0.0567. The van der Waals surface area contributed by atoms with E-state index in [0.717, 1.165) is 6.92 Å². The number of carbonyl (C=O) groups excluding carboxylic acids is 15. The summed E-state index contributed by atoms with van der Waals surface area (Å²) in [5, 5.41) is 128. The Morgan fingerprint density at radius 2 is 0.748 bits per heavy atom. The van der Waals surface area contributed by atoms with Gasteiger partial charge in [-0.25, -0.2) is 4.79 Å². The number of guanidine groups is 1. The third-order valence-corrected chi connectivity index (χ3v) is 16.7. The van der Waals surface area contributed by atoms with Crippen molar-refractivity contribution in [3.8, 4) is 5.75 Å². The van der Waals surface area contributed by atoms with Crippen molar-refractivity contribution in [3.05, 3.63) is 65.7 Å². The number of nitrogens with one attached hydrogen (secondary N) is 16. The monoisotopic (exact) mass is 1690 g/mol. The Morgan fingerprint density at radius 1 is 0.387 bits per heavy atom. The van der Waals surface area contributed by atoms with Crippen LogP contribution in [0.1, 0.15) is 109 Å². The van der Waals surface area contributed by atoms with Gasteiger partial charge in [0.05, 0.1) is 57.6 Å². The van der Waals surface area contributed by atoms with Gasteiger partial charge in [0.25, 0.3) is 0 Å². The van der Waals surface area contributed by atoms with E-state index in [1.165, 1.54) is 48.5 Å². The number of phenolic OH excluding ortho intramolecular Hbond substituents is 1. The van der Waals surface area contributed by atoms with E-state index in [-0.39, 0.29) is 43.1 Å². The molecule has 13 atom stereocenters. The van der Waals surface area contributed by atoms with Gasteiger partial charge in [-0.15, -0.1) is 0 Å². The number of aromatic hydroxyl groups is 1. The number of nitrogens with two attached hydrogens (primary N) is 3. The summed E-state index contributed by atoms with van der Waals surface area (Å²) in [5.41, 5.74) is 16.8. The molecule has 31 N–H and O–H groups in total. The van der Waals surface area contributed by atoms with Gasteiger partial charge in [-0.3, -0.25) is 101 Å². The predicted octanol–water partition coefficient (Wildman–Crippen LogP) is -10.6. The highest BCUT2D eigenvalue weighted by atomic mass is 16.4. The number of primary amides is 1. The van der Waals surface area contributed by atoms with Gasteiger partial charge in [-0.05, 0) is 74.6 Å². The van der Waals surface area contributed by atoms with Crippen molar-refractivity contribution >= 4 is 130 Å². The van der Waals surface area contributed by atoms with E-state index < -0.39 is 306 Å². The lowest BCUT2D eigenvalue weighted by molar-refractivity contribution is -0.144. The second-order valence-electron chi connectivity index (χ2n) is 27.1. The number of rotatable bonds is 56. The molecule has 0 radical (unpaired) electrons. The number of benzene rings is 2. The fraction of sp³-hybridized carbons (Fsp3) is 0.514. The Labute approximate surface area is 676 Å². The maximum atomic E-state index is 14.2. The average molecular weight is 1690 g/mol. The largest absolute Gasteiger partial charge is 0.508 e. The number of carboxylic acid groups (broad SMARTS) is 6. The molecule has 0 aliphatic rings. The van der Waals surface area contributed by atoms with Gasteiger partial charge in [0.1, 0.15) is 72.2 Å². The van der Waals surface area contributed by atoms with Crippen LogP contribution in [0, 0.1) is 11.3 Å². The van der Waals surface area contributed by atoms with E-state index in [9.17, 15) is 142 Å². The Morgan fingerprint density at radius 3 is 1.20 bits per heavy atom. The summed E-state index contributed by atoms with van der Waals surface area (Å²) in [7, 11) is 0. The summed E-state index contributed by atoms with van der Waals surface area (Å²) in [6.45, 7) is 0.0181. The first-order valence-electron chi connectivity index (χ1n) is 36.5. The SMILES string of the molecule is CC(C)C[C@H](NC(=O)[C@H](CC(=O)O)NC(=O)[C@@H](NC(=O)[C@H](Cc1ccc(O)cc1)NC(=O)CNC(=O)[C@H](CO)NC(=O)CNC(=O)[C@H](CCC(=O)O)NC(=O)[C@H](Cc1ccccc1)NC(=O)[C@H](CC(=O)O)NC(=O)[C@H](CC(=O)O)NC(=O)CNC(=O)[C@@H](N)CCCNC(=N)N)[C@@H](C)O)C(=O)N[C@@H](CCC(N)=O)C(=O)N[C@@H](CCC(=O)O)C(=O)O. The fourth-order valence-electron chi connectivity index (χ4n) is 10.6. The van der Waals surface area contributed by atoms with Crippen molar-refractivity contribution < 1.29 is 147 Å². The Hall–Kier alpha value is -13.7. The quantitative estimate of drug-likeness (QED) is 0.0166. The van der Waals surface area contributed by atoms with E-state index >= 15 is 0 Å². The van der Waals surface area contributed by atoms with Gasteiger partial charge in [-0.1, -0.05) is 56.3 Å². The van der Waals surface area contributed by atoms with Crippen LogP contribution in [0.5, 0.6) is 5.75 Å². The number of hydrogen-bond acceptors (Lipinski definition) is 26. The number of hydrogen-bond donors (Lipinski definition) is 28. The fourth-order valence-corrected chi connectivity index (χ4v) is 10.6. The third kappa shape index (κ3) is 40.9. The maximum Gasteiger partial charge on any atom is 0.326 e. The Balaban J connectivity index is 2.34. The molecule has 0 saturated carbocycles. The van der Waals surface area contributed by atoms with Crippen LogP contribution >= 0.6 is 0 Å². The molecule has 2 aromatic carbocycles. The molecule has 15 amide bonds. The molecule has 0 aromatic heterocycles. The molecule has 0 unspecified atom stereocenters. The van der Waals surface area contributed by atoms with Crippen LogP contribution < -0.4 is 97.0 Å². The van der Waals surface area contributed by atoms with E-state index in [1.54, 1.807) is 19.9 Å². The van der Waals surface area contributed by atoms with Gasteiger partial charge in [0, 0.05) is 38.6 Å². The molecular weight excluding hydrogens is 1590 g/mol. The summed E-state index contributed by atoms with van der Waals surface area (Å²) in [6.07, 6.45) is -10.5. The molecule has 0 heterocycles. The van der Waals surface area contributed by atoms with Crippen LogP contribution in [-0.4, -0.2) is 288 Å². The van der Waals surface area contributed by atoms with E-state index in [4.69, 9.17) is 27.7 Å². The van der Waals surface area contributed by atoms with Gasteiger partial charge in [0.15, 0.2) is 5.96 Å². The number of aliphatic hydroxyl groups excluding tert-OH is 2. The van der Waals surface area contributed by atoms with Crippen molar-refractivity contribution in [2.45, 2.75) is 189 Å². The van der Waals surface area contributed by atoms with Gasteiger partial charge < -0.3 is 143 Å². The molecule has 119 heavy (non-hydrogen) atoms. The number of aliphatic hydroxyl groups is 2. The van der Waals surface area contributed by atoms with E-state index in [2.05, 4.69) is 63.8 Å². The highest BCUT2D eigenvalue weighted by molar-refractivity contribution is 6.01. The van der Waals surface area contributed by atoms with Crippen molar-refractivity contribution in [1.29, 1.82) is 5.41 Å². The first-order valence-corrected chi connectivity index (χ1v) is 36.5. The predicted molar refractivity (Wildman–Crippen MR) is 404 cm³/mol. The zero-order chi connectivity index (χ0) is 89.9. The molecule has 49 nitrogen and oxygen atoms in total. The number of aliphatic carboxylic acids is 6. The van der Waals surface area contributed by atoms with Gasteiger partial charge in [-0.2, -0.15) is 0 Å². The van der Waals surface area contributed by atoms with Crippen LogP contribution in [0.25, 0.3) is 0 Å². The van der Waals surface area contributed by atoms with E-state index in [0.29, 0.717) is 5.56 Å². The van der Waals surface area contributed by atoms with Crippen LogP contribution in [0.3, 0.4) is 0 Å². The lowest BCUT2D eigenvalue weighted by Gasteiger charge is -2.28. The number of carbonyl (C=O) groups is 21. The third-order valence-electron chi connectivity index (χ3n) is 16.7. The number of amides is 15. The minimum atomic E-state index is -2.16. The highest BCUT2D eigenvalue weighted by Gasteiger charge is 2.39. The molecule has 2 aromatic rings. The van der Waals surface area contributed by atoms with Crippen molar-refractivity contribution in [2.24, 2.45) is 23.1 Å². The van der Waals surface area contributed by atoms with Crippen molar-refractivity contribution in [1.82, 2.24) is 79.8 Å². The second kappa shape index (κ2) is 52.0. The lowest BCUT2D eigenvalue weighted by Crippen LogP contribution is -2.62. The van der Waals surface area contributed by atoms with Crippen LogP contribution in [0.2, 0.25) is 0 Å². The molecule has 49 heteroatoms. The topological polar surface area (TPSA) is 823 Å². The minimum Gasteiger partial charge on any atom is -0.508 e. The summed E-state index contributed by atoms with van der Waals surface area (Å²) < 4.78 is 0. The normalized spacial score (nSPS) is 14.1. The summed E-state index contributed by atoms with van der Waals surface area (Å²) in [6, 6.07) is -9.96. The summed E-state index contributed by atoms with van der Waals surface area (Å²) in [5.74, 6) is -29.5. The first kappa shape index (κ1) is 101. The van der Waals surface area contributed by atoms with Crippen LogP contribution in [-0.2, 0) is 114 Å².